The zero-order chi connectivity index (χ0) is 8.67. The molecule has 0 N–H and O–H groups in total. The summed E-state index contributed by atoms with van der Waals surface area (Å²) in [5.74, 6) is 0. The Kier molecular flexibility index (Phi) is 1.34. The molecule has 0 radical (unpaired) electrons. The second-order valence-corrected chi connectivity index (χ2v) is 3.84. The smallest absolute Gasteiger partial charge is 0.116 e. The number of hydrogen-bond acceptors (Lipinski definition) is 3. The summed E-state index contributed by atoms with van der Waals surface area (Å²) in [7, 11) is 0. The number of rotatable bonds is 0. The van der Waals surface area contributed by atoms with Crippen LogP contribution in [0.5, 0.6) is 0 Å². The zero-order valence-electron chi connectivity index (χ0n) is 6.77. The fourth-order valence-electron chi connectivity index (χ4n) is 1.44. The van der Waals surface area contributed by atoms with Crippen molar-refractivity contribution in [2.75, 3.05) is 0 Å². The first-order valence-electron chi connectivity index (χ1n) is 4.00. The predicted molar refractivity (Wildman–Crippen MR) is 54.9 cm³/mol. The van der Waals surface area contributed by atoms with Crippen LogP contribution in [0, 0.1) is 0 Å². The van der Waals surface area contributed by atoms with Crippen molar-refractivity contribution >= 4 is 32.3 Å². The molecule has 0 spiro atoms. The maximum absolute atomic E-state index is 4.20. The molecule has 0 atom stereocenters. The van der Waals surface area contributed by atoms with Crippen molar-refractivity contribution in [2.24, 2.45) is 0 Å². The molecule has 0 amide bonds. The quantitative estimate of drug-likeness (QED) is 0.539. The lowest BCUT2D eigenvalue weighted by Crippen LogP contribution is -1.79. The molecule has 2 heterocycles. The monoisotopic (exact) mass is 186 g/mol. The van der Waals surface area contributed by atoms with E-state index in [2.05, 4.69) is 33.5 Å². The van der Waals surface area contributed by atoms with Crippen LogP contribution in [0.25, 0.3) is 21.0 Å². The third-order valence-corrected chi connectivity index (χ3v) is 2.96. The number of benzene rings is 1. The van der Waals surface area contributed by atoms with E-state index in [0.717, 1.165) is 10.9 Å². The lowest BCUT2D eigenvalue weighted by Gasteiger charge is -1.94. The molecule has 0 fully saturated rings. The maximum Gasteiger partial charge on any atom is 0.116 e. The average molecular weight is 186 g/mol. The molecule has 0 bridgehead atoms. The largest absolute Gasteiger partial charge is 0.244 e. The summed E-state index contributed by atoms with van der Waals surface area (Å²) in [6, 6.07) is 6.35. The molecule has 0 unspecified atom stereocenters. The summed E-state index contributed by atoms with van der Waals surface area (Å²) in [5, 5.41) is 4.46. The Morgan fingerprint density at radius 2 is 2.15 bits per heavy atom. The van der Waals surface area contributed by atoms with Crippen LogP contribution in [0.15, 0.2) is 36.1 Å². The van der Waals surface area contributed by atoms with E-state index in [9.17, 15) is 0 Å². The molecule has 0 aliphatic heterocycles. The van der Waals surface area contributed by atoms with Gasteiger partial charge in [0.25, 0.3) is 0 Å². The van der Waals surface area contributed by atoms with Gasteiger partial charge in [-0.25, -0.2) is 9.97 Å². The number of nitrogens with zero attached hydrogens (tertiary/aromatic N) is 2. The highest BCUT2D eigenvalue weighted by atomic mass is 32.1. The molecular weight excluding hydrogens is 180 g/mol. The molecule has 0 saturated carbocycles. The molecule has 0 aliphatic rings. The van der Waals surface area contributed by atoms with E-state index in [1.54, 1.807) is 17.7 Å². The van der Waals surface area contributed by atoms with Crippen LogP contribution < -0.4 is 0 Å². The van der Waals surface area contributed by atoms with Gasteiger partial charge in [-0.2, -0.15) is 0 Å². The Morgan fingerprint density at radius 3 is 3.15 bits per heavy atom. The van der Waals surface area contributed by atoms with Gasteiger partial charge < -0.3 is 0 Å². The third-order valence-electron chi connectivity index (χ3n) is 2.08. The van der Waals surface area contributed by atoms with Gasteiger partial charge in [-0.15, -0.1) is 11.3 Å². The van der Waals surface area contributed by atoms with Gasteiger partial charge >= 0.3 is 0 Å². The lowest BCUT2D eigenvalue weighted by molar-refractivity contribution is 1.22. The highest BCUT2D eigenvalue weighted by Gasteiger charge is 1.98. The first-order chi connectivity index (χ1) is 6.43. The van der Waals surface area contributed by atoms with Gasteiger partial charge in [-0.05, 0) is 29.0 Å². The van der Waals surface area contributed by atoms with Gasteiger partial charge in [-0.3, -0.25) is 0 Å². The molecule has 62 valence electrons. The molecule has 0 aliphatic carbocycles. The molecule has 0 saturated heterocycles. The van der Waals surface area contributed by atoms with Crippen LogP contribution >= 0.6 is 11.3 Å². The summed E-state index contributed by atoms with van der Waals surface area (Å²) >= 11 is 1.75. The number of hydrogen-bond donors (Lipinski definition) is 0. The molecule has 3 heteroatoms. The number of fused-ring (bicyclic) bond motifs is 2. The van der Waals surface area contributed by atoms with Crippen molar-refractivity contribution in [3.8, 4) is 0 Å². The minimum Gasteiger partial charge on any atom is -0.244 e. The highest BCUT2D eigenvalue weighted by Crippen LogP contribution is 2.24. The third kappa shape index (κ3) is 1.01. The Hall–Kier alpha value is -1.48. The van der Waals surface area contributed by atoms with Crippen molar-refractivity contribution in [3.63, 3.8) is 0 Å². The molecule has 2 aromatic heterocycles. The fraction of sp³-hybridized carbons (Fsp3) is 0. The zero-order valence-corrected chi connectivity index (χ0v) is 7.58. The Morgan fingerprint density at radius 1 is 1.15 bits per heavy atom. The van der Waals surface area contributed by atoms with Crippen LogP contribution in [0.4, 0.5) is 0 Å². The van der Waals surface area contributed by atoms with Crippen molar-refractivity contribution < 1.29 is 0 Å². The van der Waals surface area contributed by atoms with E-state index in [-0.39, 0.29) is 0 Å². The average Bonchev–Trinajstić information content (AvgIpc) is 2.61. The summed E-state index contributed by atoms with van der Waals surface area (Å²) < 4.78 is 1.29. The van der Waals surface area contributed by atoms with Crippen LogP contribution in [0.2, 0.25) is 0 Å². The standard InChI is InChI=1S/C10H6N2S/c1-2-13-10-4-8-5-11-6-12-9(8)3-7(1)10/h1-6H. The number of thiophene rings is 1. The Balaban J connectivity index is 2.57. The lowest BCUT2D eigenvalue weighted by atomic mass is 10.2. The normalized spacial score (nSPS) is 11.1. The first-order valence-corrected chi connectivity index (χ1v) is 4.88. The summed E-state index contributed by atoms with van der Waals surface area (Å²) in [5.41, 5.74) is 1.01. The second-order valence-electron chi connectivity index (χ2n) is 2.89. The Labute approximate surface area is 78.9 Å². The van der Waals surface area contributed by atoms with Gasteiger partial charge in [0, 0.05) is 16.3 Å². The van der Waals surface area contributed by atoms with Gasteiger partial charge in [0.1, 0.15) is 6.33 Å². The van der Waals surface area contributed by atoms with Crippen molar-refractivity contribution in [1.29, 1.82) is 0 Å². The molecule has 2 nitrogen and oxygen atoms in total. The summed E-state index contributed by atoms with van der Waals surface area (Å²) in [4.78, 5) is 8.20. The van der Waals surface area contributed by atoms with Crippen molar-refractivity contribution in [2.45, 2.75) is 0 Å². The summed E-state index contributed by atoms with van der Waals surface area (Å²) in [6.45, 7) is 0. The number of aromatic nitrogens is 2. The molecule has 3 rings (SSSR count). The van der Waals surface area contributed by atoms with E-state index in [1.165, 1.54) is 10.1 Å². The van der Waals surface area contributed by atoms with Crippen molar-refractivity contribution in [3.05, 3.63) is 36.1 Å². The molecule has 3 aromatic rings. The fourth-order valence-corrected chi connectivity index (χ4v) is 2.26. The van der Waals surface area contributed by atoms with Crippen LogP contribution in [0.3, 0.4) is 0 Å². The van der Waals surface area contributed by atoms with Gasteiger partial charge in [0.15, 0.2) is 0 Å². The minimum absolute atomic E-state index is 1.01. The topological polar surface area (TPSA) is 25.8 Å². The van der Waals surface area contributed by atoms with E-state index in [0.29, 0.717) is 0 Å². The van der Waals surface area contributed by atoms with Crippen LogP contribution in [-0.2, 0) is 0 Å². The van der Waals surface area contributed by atoms with Crippen molar-refractivity contribution in [1.82, 2.24) is 9.97 Å². The van der Waals surface area contributed by atoms with E-state index in [1.807, 2.05) is 6.20 Å². The van der Waals surface area contributed by atoms with E-state index >= 15 is 0 Å². The minimum atomic E-state index is 1.01. The predicted octanol–water partition coefficient (Wildman–Crippen LogP) is 2.84. The van der Waals surface area contributed by atoms with E-state index < -0.39 is 0 Å². The molecule has 1 aromatic carbocycles. The van der Waals surface area contributed by atoms with Crippen LogP contribution in [0.1, 0.15) is 0 Å². The van der Waals surface area contributed by atoms with Gasteiger partial charge in [-0.1, -0.05) is 0 Å². The van der Waals surface area contributed by atoms with Gasteiger partial charge in [0.05, 0.1) is 5.52 Å². The highest BCUT2D eigenvalue weighted by molar-refractivity contribution is 7.17. The van der Waals surface area contributed by atoms with Crippen LogP contribution in [-0.4, -0.2) is 9.97 Å². The SMILES string of the molecule is c1ncc2cc3sccc3cc2n1. The summed E-state index contributed by atoms with van der Waals surface area (Å²) in [6.07, 6.45) is 3.43. The molecular formula is C10H6N2S. The Bertz CT molecular complexity index is 521. The second kappa shape index (κ2) is 2.50. The van der Waals surface area contributed by atoms with Gasteiger partial charge in [0.2, 0.25) is 0 Å². The van der Waals surface area contributed by atoms with E-state index in [4.69, 9.17) is 0 Å². The first kappa shape index (κ1) is 6.97. The molecule has 13 heavy (non-hydrogen) atoms. The maximum atomic E-state index is 4.20.